The third-order valence-electron chi connectivity index (χ3n) is 2.71. The van der Waals surface area contributed by atoms with Gasteiger partial charge in [0.15, 0.2) is 9.84 Å². The lowest BCUT2D eigenvalue weighted by Crippen LogP contribution is -2.25. The highest BCUT2D eigenvalue weighted by atomic mass is 32.2. The van der Waals surface area contributed by atoms with Gasteiger partial charge in [-0.1, -0.05) is 6.07 Å². The predicted molar refractivity (Wildman–Crippen MR) is 68.0 cm³/mol. The summed E-state index contributed by atoms with van der Waals surface area (Å²) in [5.74, 6) is -1.86. The van der Waals surface area contributed by atoms with E-state index in [0.29, 0.717) is 11.1 Å². The van der Waals surface area contributed by atoms with Gasteiger partial charge in [-0.25, -0.2) is 13.2 Å². The third-order valence-corrected chi connectivity index (χ3v) is 4.64. The molecule has 1 aromatic carbocycles. The van der Waals surface area contributed by atoms with E-state index >= 15 is 0 Å². The van der Waals surface area contributed by atoms with Crippen LogP contribution >= 0.6 is 0 Å². The average Bonchev–Trinajstić information content (AvgIpc) is 2.27. The lowest BCUT2D eigenvalue weighted by molar-refractivity contribution is 0.0696. The number of benzene rings is 1. The fourth-order valence-corrected chi connectivity index (χ4v) is 3.43. The normalized spacial score (nSPS) is 13.3. The number of hydrogen-bond acceptors (Lipinski definition) is 5. The monoisotopic (exact) mass is 288 g/mol. The van der Waals surface area contributed by atoms with Crippen molar-refractivity contribution in [3.05, 3.63) is 28.8 Å². The van der Waals surface area contributed by atoms with E-state index in [-0.39, 0.29) is 10.5 Å². The summed E-state index contributed by atoms with van der Waals surface area (Å²) in [7, 11) is -3.85. The van der Waals surface area contributed by atoms with Crippen LogP contribution in [0.1, 0.15) is 21.5 Å². The molecule has 0 fully saturated rings. The van der Waals surface area contributed by atoms with Crippen LogP contribution in [-0.2, 0) is 9.84 Å². The Morgan fingerprint density at radius 1 is 1.26 bits per heavy atom. The van der Waals surface area contributed by atoms with E-state index in [9.17, 15) is 18.3 Å². The van der Waals surface area contributed by atoms with Crippen molar-refractivity contribution >= 4 is 15.8 Å². The lowest BCUT2D eigenvalue weighted by atomic mass is 10.1. The Morgan fingerprint density at radius 3 is 2.32 bits per heavy atom. The third kappa shape index (κ3) is 3.52. The van der Waals surface area contributed by atoms with Crippen LogP contribution in [-0.4, -0.2) is 48.2 Å². The van der Waals surface area contributed by atoms with Crippen molar-refractivity contribution in [1.82, 2.24) is 0 Å². The average molecular weight is 288 g/mol. The number of carboxylic acid groups (broad SMARTS) is 1. The SMILES string of the molecule is Cc1cc(C)c(S(=O)(=O)CC(O)CO)cc1C(=O)O. The molecule has 1 rings (SSSR count). The van der Waals surface area contributed by atoms with Crippen LogP contribution in [0.4, 0.5) is 0 Å². The number of carboxylic acids is 1. The smallest absolute Gasteiger partial charge is 0.335 e. The zero-order valence-corrected chi connectivity index (χ0v) is 11.4. The molecule has 19 heavy (non-hydrogen) atoms. The Kier molecular flexibility index (Phi) is 4.67. The quantitative estimate of drug-likeness (QED) is 0.710. The molecule has 1 unspecified atom stereocenters. The minimum Gasteiger partial charge on any atom is -0.478 e. The van der Waals surface area contributed by atoms with Crippen molar-refractivity contribution in [3.63, 3.8) is 0 Å². The van der Waals surface area contributed by atoms with Crippen LogP contribution in [0.2, 0.25) is 0 Å². The Morgan fingerprint density at radius 2 is 1.84 bits per heavy atom. The maximum atomic E-state index is 12.0. The summed E-state index contributed by atoms with van der Waals surface area (Å²) in [5.41, 5.74) is 0.780. The number of aliphatic hydroxyl groups excluding tert-OH is 2. The van der Waals surface area contributed by atoms with E-state index in [2.05, 4.69) is 0 Å². The number of hydrogen-bond donors (Lipinski definition) is 3. The molecule has 0 saturated heterocycles. The first-order valence-electron chi connectivity index (χ1n) is 5.55. The largest absolute Gasteiger partial charge is 0.478 e. The highest BCUT2D eigenvalue weighted by Gasteiger charge is 2.23. The van der Waals surface area contributed by atoms with E-state index in [0.717, 1.165) is 6.07 Å². The Balaban J connectivity index is 3.34. The number of rotatable bonds is 5. The predicted octanol–water partition coefficient (Wildman–Crippen LogP) is 0.129. The maximum absolute atomic E-state index is 12.0. The first kappa shape index (κ1) is 15.6. The lowest BCUT2D eigenvalue weighted by Gasteiger charge is -2.12. The molecule has 0 bridgehead atoms. The van der Waals surface area contributed by atoms with E-state index in [4.69, 9.17) is 10.2 Å². The Bertz CT molecular complexity index is 590. The van der Waals surface area contributed by atoms with Crippen LogP contribution < -0.4 is 0 Å². The van der Waals surface area contributed by atoms with Crippen molar-refractivity contribution in [2.24, 2.45) is 0 Å². The van der Waals surface area contributed by atoms with Gasteiger partial charge in [0.05, 0.1) is 28.9 Å². The highest BCUT2D eigenvalue weighted by Crippen LogP contribution is 2.22. The minimum absolute atomic E-state index is 0.0948. The van der Waals surface area contributed by atoms with Crippen LogP contribution in [0.25, 0.3) is 0 Å². The van der Waals surface area contributed by atoms with E-state index in [1.807, 2.05) is 0 Å². The second kappa shape index (κ2) is 5.68. The molecule has 0 saturated carbocycles. The van der Waals surface area contributed by atoms with Gasteiger partial charge in [0.1, 0.15) is 0 Å². The van der Waals surface area contributed by atoms with Crippen LogP contribution in [0.5, 0.6) is 0 Å². The zero-order valence-electron chi connectivity index (χ0n) is 10.6. The molecule has 3 N–H and O–H groups in total. The molecule has 7 heteroatoms. The first-order chi connectivity index (χ1) is 8.69. The second-order valence-corrected chi connectivity index (χ2v) is 6.36. The summed E-state index contributed by atoms with van der Waals surface area (Å²) in [4.78, 5) is 10.9. The highest BCUT2D eigenvalue weighted by molar-refractivity contribution is 7.91. The topological polar surface area (TPSA) is 112 Å². The number of aliphatic hydroxyl groups is 2. The molecule has 0 spiro atoms. The molecule has 0 amide bonds. The van der Waals surface area contributed by atoms with Gasteiger partial charge in [-0.2, -0.15) is 0 Å². The van der Waals surface area contributed by atoms with Gasteiger partial charge in [0.25, 0.3) is 0 Å². The molecule has 0 aliphatic carbocycles. The fraction of sp³-hybridized carbons (Fsp3) is 0.417. The summed E-state index contributed by atoms with van der Waals surface area (Å²) in [6.07, 6.45) is -1.39. The molecule has 1 aromatic rings. The molecule has 1 atom stereocenters. The minimum atomic E-state index is -3.85. The molecular formula is C12H16O6S. The number of carbonyl (C=O) groups is 1. The maximum Gasteiger partial charge on any atom is 0.335 e. The van der Waals surface area contributed by atoms with Gasteiger partial charge in [-0.15, -0.1) is 0 Å². The van der Waals surface area contributed by atoms with Crippen molar-refractivity contribution in [2.45, 2.75) is 24.8 Å². The Labute approximate surface area is 111 Å². The van der Waals surface area contributed by atoms with Crippen molar-refractivity contribution < 1.29 is 28.5 Å². The molecule has 6 nitrogen and oxygen atoms in total. The van der Waals surface area contributed by atoms with E-state index < -0.39 is 34.3 Å². The fourth-order valence-electron chi connectivity index (χ4n) is 1.79. The van der Waals surface area contributed by atoms with Crippen molar-refractivity contribution in [3.8, 4) is 0 Å². The van der Waals surface area contributed by atoms with Gasteiger partial charge in [-0.05, 0) is 31.0 Å². The number of aryl methyl sites for hydroxylation is 2. The van der Waals surface area contributed by atoms with E-state index in [1.54, 1.807) is 13.8 Å². The standard InChI is InChI=1S/C12H16O6S/c1-7-3-8(2)11(4-10(7)12(15)16)19(17,18)6-9(14)5-13/h3-4,9,13-14H,5-6H2,1-2H3,(H,15,16). The molecule has 0 heterocycles. The molecule has 0 aliphatic heterocycles. The summed E-state index contributed by atoms with van der Waals surface area (Å²) >= 11 is 0. The van der Waals surface area contributed by atoms with Crippen LogP contribution in [0.15, 0.2) is 17.0 Å². The van der Waals surface area contributed by atoms with Gasteiger partial charge in [0.2, 0.25) is 0 Å². The summed E-state index contributed by atoms with van der Waals surface area (Å²) in [6, 6.07) is 2.56. The second-order valence-electron chi connectivity index (χ2n) is 4.36. The molecule has 0 aliphatic rings. The zero-order chi connectivity index (χ0) is 14.8. The van der Waals surface area contributed by atoms with Crippen molar-refractivity contribution in [1.29, 1.82) is 0 Å². The summed E-state index contributed by atoms with van der Waals surface area (Å²) < 4.78 is 24.1. The van der Waals surface area contributed by atoms with Crippen LogP contribution in [0, 0.1) is 13.8 Å². The number of sulfone groups is 1. The Hall–Kier alpha value is -1.44. The van der Waals surface area contributed by atoms with Crippen LogP contribution in [0.3, 0.4) is 0 Å². The van der Waals surface area contributed by atoms with Crippen molar-refractivity contribution in [2.75, 3.05) is 12.4 Å². The van der Waals surface area contributed by atoms with Gasteiger partial charge in [-0.3, -0.25) is 0 Å². The summed E-state index contributed by atoms with van der Waals surface area (Å²) in [6.45, 7) is 2.46. The first-order valence-corrected chi connectivity index (χ1v) is 7.20. The summed E-state index contributed by atoms with van der Waals surface area (Å²) in [5, 5.41) is 26.9. The molecule has 0 aromatic heterocycles. The van der Waals surface area contributed by atoms with Gasteiger partial charge in [0, 0.05) is 0 Å². The molecule has 106 valence electrons. The number of aromatic carboxylic acids is 1. The molecule has 0 radical (unpaired) electrons. The van der Waals surface area contributed by atoms with E-state index in [1.165, 1.54) is 6.07 Å². The van der Waals surface area contributed by atoms with Gasteiger partial charge < -0.3 is 15.3 Å². The molecular weight excluding hydrogens is 272 g/mol. The van der Waals surface area contributed by atoms with Gasteiger partial charge >= 0.3 is 5.97 Å².